The van der Waals surface area contributed by atoms with E-state index in [4.69, 9.17) is 0 Å². The summed E-state index contributed by atoms with van der Waals surface area (Å²) in [6.45, 7) is 1.16. The monoisotopic (exact) mass is 213 g/mol. The van der Waals surface area contributed by atoms with E-state index in [-0.39, 0.29) is 0 Å². The van der Waals surface area contributed by atoms with Crippen LogP contribution in [0, 0.1) is 0 Å². The predicted octanol–water partition coefficient (Wildman–Crippen LogP) is 3.31. The Kier molecular flexibility index (Phi) is 13.3. The van der Waals surface area contributed by atoms with E-state index in [1.807, 2.05) is 7.05 Å². The van der Waals surface area contributed by atoms with Gasteiger partial charge in [0.1, 0.15) is 6.29 Å². The standard InChI is InChI=1S/C13H27NO/c1-14-12-10-8-6-4-2-3-5-7-9-11-13-15/h13-14H,2-12H2,1H3. The highest BCUT2D eigenvalue weighted by molar-refractivity contribution is 5.48. The molecule has 1 N–H and O–H groups in total. The van der Waals surface area contributed by atoms with Crippen LogP contribution in [0.1, 0.15) is 64.2 Å². The van der Waals surface area contributed by atoms with Gasteiger partial charge in [-0.15, -0.1) is 0 Å². The third-order valence-electron chi connectivity index (χ3n) is 2.75. The van der Waals surface area contributed by atoms with Gasteiger partial charge in [-0.25, -0.2) is 0 Å². The Bertz CT molecular complexity index is 126. The first-order chi connectivity index (χ1) is 7.41. The van der Waals surface area contributed by atoms with Crippen molar-refractivity contribution in [2.24, 2.45) is 0 Å². The van der Waals surface area contributed by atoms with E-state index in [9.17, 15) is 4.79 Å². The zero-order chi connectivity index (χ0) is 11.2. The lowest BCUT2D eigenvalue weighted by Gasteiger charge is -2.01. The van der Waals surface area contributed by atoms with Crippen molar-refractivity contribution >= 4 is 6.29 Å². The fourth-order valence-corrected chi connectivity index (χ4v) is 1.77. The van der Waals surface area contributed by atoms with Crippen LogP contribution < -0.4 is 5.32 Å². The second kappa shape index (κ2) is 13.6. The van der Waals surface area contributed by atoms with Gasteiger partial charge in [-0.05, 0) is 26.4 Å². The zero-order valence-corrected chi connectivity index (χ0v) is 10.3. The Morgan fingerprint density at radius 1 is 0.800 bits per heavy atom. The molecule has 0 aromatic heterocycles. The molecule has 2 heteroatoms. The number of aldehydes is 1. The lowest BCUT2D eigenvalue weighted by Crippen LogP contribution is -2.06. The maximum Gasteiger partial charge on any atom is 0.119 e. The number of unbranched alkanes of at least 4 members (excludes halogenated alkanes) is 9. The van der Waals surface area contributed by atoms with Crippen LogP contribution in [-0.4, -0.2) is 19.9 Å². The lowest BCUT2D eigenvalue weighted by molar-refractivity contribution is -0.107. The molecule has 0 spiro atoms. The second-order valence-corrected chi connectivity index (χ2v) is 4.24. The van der Waals surface area contributed by atoms with Crippen molar-refractivity contribution < 1.29 is 4.79 Å². The van der Waals surface area contributed by atoms with Crippen LogP contribution in [0.2, 0.25) is 0 Å². The highest BCUT2D eigenvalue weighted by Crippen LogP contribution is 2.09. The van der Waals surface area contributed by atoms with Crippen molar-refractivity contribution in [1.29, 1.82) is 0 Å². The summed E-state index contributed by atoms with van der Waals surface area (Å²) in [7, 11) is 2.01. The van der Waals surface area contributed by atoms with E-state index in [1.165, 1.54) is 51.4 Å². The summed E-state index contributed by atoms with van der Waals surface area (Å²) in [6, 6.07) is 0. The number of hydrogen-bond donors (Lipinski definition) is 1. The first-order valence-electron chi connectivity index (χ1n) is 6.50. The van der Waals surface area contributed by atoms with E-state index in [2.05, 4.69) is 5.32 Å². The largest absolute Gasteiger partial charge is 0.320 e. The van der Waals surface area contributed by atoms with Crippen molar-refractivity contribution in [2.75, 3.05) is 13.6 Å². The van der Waals surface area contributed by atoms with Crippen LogP contribution >= 0.6 is 0 Å². The minimum absolute atomic E-state index is 0.754. The molecule has 0 atom stereocenters. The molecule has 0 radical (unpaired) electrons. The maximum absolute atomic E-state index is 10.1. The van der Waals surface area contributed by atoms with Gasteiger partial charge in [0.25, 0.3) is 0 Å². The molecule has 0 aliphatic carbocycles. The minimum atomic E-state index is 0.754. The van der Waals surface area contributed by atoms with Gasteiger partial charge in [-0.3, -0.25) is 0 Å². The molecule has 0 aromatic carbocycles. The van der Waals surface area contributed by atoms with Gasteiger partial charge >= 0.3 is 0 Å². The molecular formula is C13H27NO. The summed E-state index contributed by atoms with van der Waals surface area (Å²) in [5, 5.41) is 3.17. The predicted molar refractivity (Wildman–Crippen MR) is 66.2 cm³/mol. The van der Waals surface area contributed by atoms with Gasteiger partial charge < -0.3 is 10.1 Å². The molecule has 0 unspecified atom stereocenters. The second-order valence-electron chi connectivity index (χ2n) is 4.24. The highest BCUT2D eigenvalue weighted by atomic mass is 16.1. The Balaban J connectivity index is 2.83. The Morgan fingerprint density at radius 3 is 1.73 bits per heavy atom. The third kappa shape index (κ3) is 13.6. The van der Waals surface area contributed by atoms with E-state index in [0.29, 0.717) is 0 Å². The molecule has 0 amide bonds. The van der Waals surface area contributed by atoms with Gasteiger partial charge in [0.15, 0.2) is 0 Å². The van der Waals surface area contributed by atoms with Crippen molar-refractivity contribution in [2.45, 2.75) is 64.2 Å². The lowest BCUT2D eigenvalue weighted by atomic mass is 10.1. The molecule has 0 heterocycles. The fourth-order valence-electron chi connectivity index (χ4n) is 1.77. The summed E-state index contributed by atoms with van der Waals surface area (Å²) in [5.41, 5.74) is 0. The van der Waals surface area contributed by atoms with Gasteiger partial charge in [-0.2, -0.15) is 0 Å². The Hall–Kier alpha value is -0.370. The van der Waals surface area contributed by atoms with Gasteiger partial charge in [0, 0.05) is 6.42 Å². The molecule has 90 valence electrons. The molecule has 0 bridgehead atoms. The maximum atomic E-state index is 10.1. The Labute approximate surface area is 94.8 Å². The minimum Gasteiger partial charge on any atom is -0.320 e. The van der Waals surface area contributed by atoms with Crippen molar-refractivity contribution in [3.8, 4) is 0 Å². The van der Waals surface area contributed by atoms with Crippen LogP contribution in [0.15, 0.2) is 0 Å². The third-order valence-corrected chi connectivity index (χ3v) is 2.75. The first-order valence-corrected chi connectivity index (χ1v) is 6.50. The van der Waals surface area contributed by atoms with Gasteiger partial charge in [0.2, 0.25) is 0 Å². The molecule has 0 aliphatic rings. The smallest absolute Gasteiger partial charge is 0.119 e. The average molecular weight is 213 g/mol. The van der Waals surface area contributed by atoms with E-state index in [1.54, 1.807) is 0 Å². The quantitative estimate of drug-likeness (QED) is 0.398. The van der Waals surface area contributed by atoms with Gasteiger partial charge in [-0.1, -0.05) is 44.9 Å². The van der Waals surface area contributed by atoms with Crippen LogP contribution in [-0.2, 0) is 4.79 Å². The number of carbonyl (C=O) groups is 1. The summed E-state index contributed by atoms with van der Waals surface area (Å²) in [6.07, 6.45) is 13.6. The topological polar surface area (TPSA) is 29.1 Å². The molecule has 0 saturated heterocycles. The SMILES string of the molecule is CNCCCCCCCCCCCC=O. The average Bonchev–Trinajstić information content (AvgIpc) is 2.26. The summed E-state index contributed by atoms with van der Waals surface area (Å²) in [4.78, 5) is 10.1. The molecule has 2 nitrogen and oxygen atoms in total. The van der Waals surface area contributed by atoms with Crippen molar-refractivity contribution in [1.82, 2.24) is 5.32 Å². The van der Waals surface area contributed by atoms with Crippen molar-refractivity contribution in [3.63, 3.8) is 0 Å². The number of nitrogens with one attached hydrogen (secondary N) is 1. The van der Waals surface area contributed by atoms with Crippen LogP contribution in [0.25, 0.3) is 0 Å². The normalized spacial score (nSPS) is 10.5. The summed E-state index contributed by atoms with van der Waals surface area (Å²) in [5.74, 6) is 0. The summed E-state index contributed by atoms with van der Waals surface area (Å²) < 4.78 is 0. The molecule has 15 heavy (non-hydrogen) atoms. The molecule has 0 saturated carbocycles. The number of rotatable bonds is 12. The molecular weight excluding hydrogens is 186 g/mol. The summed E-state index contributed by atoms with van der Waals surface area (Å²) >= 11 is 0. The van der Waals surface area contributed by atoms with Gasteiger partial charge in [0.05, 0.1) is 0 Å². The van der Waals surface area contributed by atoms with E-state index < -0.39 is 0 Å². The number of carbonyl (C=O) groups excluding carboxylic acids is 1. The van der Waals surface area contributed by atoms with Crippen LogP contribution in [0.3, 0.4) is 0 Å². The molecule has 0 aliphatic heterocycles. The van der Waals surface area contributed by atoms with E-state index in [0.717, 1.165) is 25.7 Å². The molecule has 0 fully saturated rings. The molecule has 0 aromatic rings. The number of hydrogen-bond acceptors (Lipinski definition) is 2. The van der Waals surface area contributed by atoms with Crippen molar-refractivity contribution in [3.05, 3.63) is 0 Å². The molecule has 0 rings (SSSR count). The van der Waals surface area contributed by atoms with Crippen LogP contribution in [0.5, 0.6) is 0 Å². The highest BCUT2D eigenvalue weighted by Gasteiger charge is 1.92. The van der Waals surface area contributed by atoms with Crippen LogP contribution in [0.4, 0.5) is 0 Å². The fraction of sp³-hybridized carbons (Fsp3) is 0.923. The van der Waals surface area contributed by atoms with E-state index >= 15 is 0 Å². The zero-order valence-electron chi connectivity index (χ0n) is 10.3. The Morgan fingerprint density at radius 2 is 1.27 bits per heavy atom. The first kappa shape index (κ1) is 14.6.